The zero-order valence-corrected chi connectivity index (χ0v) is 12.6. The average molecular weight is 316 g/mol. The van der Waals surface area contributed by atoms with Crippen molar-refractivity contribution >= 4 is 33.7 Å². The van der Waals surface area contributed by atoms with Crippen molar-refractivity contribution in [2.24, 2.45) is 0 Å². The summed E-state index contributed by atoms with van der Waals surface area (Å²) in [4.78, 5) is 22.2. The standard InChI is InChI=1S/C14H12N4OS2/c15-14-18-11(8-20-14)12-4-3-10(21-12)7-17-13(19)9-2-1-5-16-6-9/h1-6,8H,7H2,(H2,15,18)(H,17,19). The molecule has 21 heavy (non-hydrogen) atoms. The number of rotatable bonds is 4. The molecular weight excluding hydrogens is 304 g/mol. The fraction of sp³-hybridized carbons (Fsp3) is 0.0714. The number of nitrogen functional groups attached to an aromatic ring is 1. The molecule has 0 atom stereocenters. The summed E-state index contributed by atoms with van der Waals surface area (Å²) in [6.45, 7) is 0.484. The van der Waals surface area contributed by atoms with E-state index in [2.05, 4.69) is 15.3 Å². The number of carbonyl (C=O) groups excluding carboxylic acids is 1. The number of nitrogens with zero attached hydrogens (tertiary/aromatic N) is 2. The van der Waals surface area contributed by atoms with Gasteiger partial charge in [-0.15, -0.1) is 22.7 Å². The van der Waals surface area contributed by atoms with Gasteiger partial charge in [0.05, 0.1) is 22.7 Å². The van der Waals surface area contributed by atoms with Crippen molar-refractivity contribution in [1.82, 2.24) is 15.3 Å². The molecule has 0 fully saturated rings. The molecule has 0 aromatic carbocycles. The van der Waals surface area contributed by atoms with E-state index in [-0.39, 0.29) is 5.91 Å². The van der Waals surface area contributed by atoms with Gasteiger partial charge in [0.15, 0.2) is 5.13 Å². The molecule has 0 aliphatic heterocycles. The van der Waals surface area contributed by atoms with Gasteiger partial charge in [-0.25, -0.2) is 4.98 Å². The van der Waals surface area contributed by atoms with Crippen LogP contribution in [-0.4, -0.2) is 15.9 Å². The van der Waals surface area contributed by atoms with E-state index in [4.69, 9.17) is 5.73 Å². The second-order valence-electron chi connectivity index (χ2n) is 4.26. The maximum Gasteiger partial charge on any atom is 0.253 e. The molecule has 0 spiro atoms. The average Bonchev–Trinajstić information content (AvgIpc) is 3.14. The summed E-state index contributed by atoms with van der Waals surface area (Å²) >= 11 is 3.02. The van der Waals surface area contributed by atoms with Crippen LogP contribution in [0.15, 0.2) is 42.0 Å². The molecular formula is C14H12N4OS2. The maximum absolute atomic E-state index is 11.9. The van der Waals surface area contributed by atoms with E-state index >= 15 is 0 Å². The van der Waals surface area contributed by atoms with Crippen LogP contribution in [0.5, 0.6) is 0 Å². The van der Waals surface area contributed by atoms with Crippen LogP contribution in [0.3, 0.4) is 0 Å². The van der Waals surface area contributed by atoms with Gasteiger partial charge in [0, 0.05) is 22.7 Å². The topological polar surface area (TPSA) is 80.9 Å². The summed E-state index contributed by atoms with van der Waals surface area (Å²) in [7, 11) is 0. The summed E-state index contributed by atoms with van der Waals surface area (Å²) < 4.78 is 0. The van der Waals surface area contributed by atoms with Crippen LogP contribution in [0.25, 0.3) is 10.6 Å². The summed E-state index contributed by atoms with van der Waals surface area (Å²) in [5, 5.41) is 5.36. The molecule has 0 saturated heterocycles. The molecule has 3 aromatic heterocycles. The highest BCUT2D eigenvalue weighted by Crippen LogP contribution is 2.29. The van der Waals surface area contributed by atoms with Crippen molar-refractivity contribution < 1.29 is 4.79 Å². The molecule has 106 valence electrons. The summed E-state index contributed by atoms with van der Waals surface area (Å²) in [5.74, 6) is -0.129. The minimum absolute atomic E-state index is 0.129. The largest absolute Gasteiger partial charge is 0.375 e. The van der Waals surface area contributed by atoms with E-state index in [1.54, 1.807) is 35.9 Å². The third-order valence-corrected chi connectivity index (χ3v) is 4.56. The Morgan fingerprint density at radius 3 is 2.95 bits per heavy atom. The van der Waals surface area contributed by atoms with Crippen molar-refractivity contribution in [3.8, 4) is 10.6 Å². The minimum atomic E-state index is -0.129. The predicted octanol–water partition coefficient (Wildman–Crippen LogP) is 2.78. The SMILES string of the molecule is Nc1nc(-c2ccc(CNC(=O)c3cccnc3)s2)cs1. The lowest BCUT2D eigenvalue weighted by molar-refractivity contribution is 0.0951. The number of amides is 1. The number of aromatic nitrogens is 2. The molecule has 0 radical (unpaired) electrons. The van der Waals surface area contributed by atoms with Crippen LogP contribution in [-0.2, 0) is 6.54 Å². The molecule has 0 unspecified atom stereocenters. The maximum atomic E-state index is 11.9. The van der Waals surface area contributed by atoms with Gasteiger partial charge in [-0.3, -0.25) is 9.78 Å². The zero-order valence-electron chi connectivity index (χ0n) is 10.9. The first-order valence-electron chi connectivity index (χ1n) is 6.20. The number of thiazole rings is 1. The molecule has 7 heteroatoms. The number of pyridine rings is 1. The molecule has 0 bridgehead atoms. The quantitative estimate of drug-likeness (QED) is 0.775. The minimum Gasteiger partial charge on any atom is -0.375 e. The van der Waals surface area contributed by atoms with Crippen molar-refractivity contribution in [3.05, 3.63) is 52.5 Å². The van der Waals surface area contributed by atoms with Crippen LogP contribution < -0.4 is 11.1 Å². The van der Waals surface area contributed by atoms with E-state index in [0.717, 1.165) is 15.4 Å². The fourth-order valence-electron chi connectivity index (χ4n) is 1.78. The van der Waals surface area contributed by atoms with E-state index in [1.165, 1.54) is 11.3 Å². The Balaban J connectivity index is 1.64. The fourth-order valence-corrected chi connectivity index (χ4v) is 3.32. The number of hydrogen-bond donors (Lipinski definition) is 2. The van der Waals surface area contributed by atoms with E-state index in [1.807, 2.05) is 17.5 Å². The monoisotopic (exact) mass is 316 g/mol. The van der Waals surface area contributed by atoms with Gasteiger partial charge in [0.25, 0.3) is 5.91 Å². The second-order valence-corrected chi connectivity index (χ2v) is 6.32. The van der Waals surface area contributed by atoms with Crippen LogP contribution in [0.2, 0.25) is 0 Å². The summed E-state index contributed by atoms with van der Waals surface area (Å²) in [6, 6.07) is 7.45. The van der Waals surface area contributed by atoms with Crippen molar-refractivity contribution in [1.29, 1.82) is 0 Å². The number of nitrogens with one attached hydrogen (secondary N) is 1. The smallest absolute Gasteiger partial charge is 0.253 e. The van der Waals surface area contributed by atoms with Gasteiger partial charge < -0.3 is 11.1 Å². The van der Waals surface area contributed by atoms with Gasteiger partial charge in [0.1, 0.15) is 0 Å². The van der Waals surface area contributed by atoms with Crippen molar-refractivity contribution in [2.45, 2.75) is 6.54 Å². The third kappa shape index (κ3) is 3.26. The normalized spacial score (nSPS) is 10.5. The van der Waals surface area contributed by atoms with Crippen LogP contribution in [0.1, 0.15) is 15.2 Å². The molecule has 1 amide bonds. The van der Waals surface area contributed by atoms with E-state index in [0.29, 0.717) is 17.2 Å². The predicted molar refractivity (Wildman–Crippen MR) is 85.2 cm³/mol. The Bertz CT molecular complexity index is 751. The Labute approximate surface area is 129 Å². The molecule has 3 aromatic rings. The molecule has 3 N–H and O–H groups in total. The lowest BCUT2D eigenvalue weighted by Crippen LogP contribution is -2.22. The Hall–Kier alpha value is -2.25. The van der Waals surface area contributed by atoms with Gasteiger partial charge >= 0.3 is 0 Å². The second kappa shape index (κ2) is 6.02. The highest BCUT2D eigenvalue weighted by atomic mass is 32.1. The number of carbonyl (C=O) groups is 1. The van der Waals surface area contributed by atoms with E-state index in [9.17, 15) is 4.79 Å². The van der Waals surface area contributed by atoms with Crippen LogP contribution >= 0.6 is 22.7 Å². The number of anilines is 1. The third-order valence-electron chi connectivity index (χ3n) is 2.78. The van der Waals surface area contributed by atoms with Gasteiger partial charge in [-0.1, -0.05) is 0 Å². The number of thiophene rings is 1. The molecule has 0 saturated carbocycles. The molecule has 5 nitrogen and oxygen atoms in total. The molecule has 3 heterocycles. The first-order valence-corrected chi connectivity index (χ1v) is 7.90. The lowest BCUT2D eigenvalue weighted by Gasteiger charge is -2.02. The van der Waals surface area contributed by atoms with Crippen molar-refractivity contribution in [2.75, 3.05) is 5.73 Å². The zero-order chi connectivity index (χ0) is 14.7. The Morgan fingerprint density at radius 2 is 2.24 bits per heavy atom. The number of hydrogen-bond acceptors (Lipinski definition) is 6. The molecule has 3 rings (SSSR count). The summed E-state index contributed by atoms with van der Waals surface area (Å²) in [5.41, 5.74) is 7.07. The Kier molecular flexibility index (Phi) is 3.94. The highest BCUT2D eigenvalue weighted by molar-refractivity contribution is 7.16. The van der Waals surface area contributed by atoms with Gasteiger partial charge in [0.2, 0.25) is 0 Å². The number of nitrogens with two attached hydrogens (primary N) is 1. The molecule has 0 aliphatic rings. The van der Waals surface area contributed by atoms with Gasteiger partial charge in [-0.2, -0.15) is 0 Å². The summed E-state index contributed by atoms with van der Waals surface area (Å²) in [6.07, 6.45) is 3.19. The first kappa shape index (κ1) is 13.7. The highest BCUT2D eigenvalue weighted by Gasteiger charge is 2.08. The lowest BCUT2D eigenvalue weighted by atomic mass is 10.2. The molecule has 0 aliphatic carbocycles. The van der Waals surface area contributed by atoms with Crippen LogP contribution in [0, 0.1) is 0 Å². The first-order chi connectivity index (χ1) is 10.2. The van der Waals surface area contributed by atoms with Gasteiger partial charge in [-0.05, 0) is 24.3 Å². The van der Waals surface area contributed by atoms with Crippen LogP contribution in [0.4, 0.5) is 5.13 Å². The van der Waals surface area contributed by atoms with E-state index < -0.39 is 0 Å². The van der Waals surface area contributed by atoms with Crippen molar-refractivity contribution in [3.63, 3.8) is 0 Å². The Morgan fingerprint density at radius 1 is 1.33 bits per heavy atom.